The Labute approximate surface area is 205 Å². The molecule has 1 fully saturated rings. The average molecular weight is 477 g/mol. The Morgan fingerprint density at radius 3 is 2.54 bits per heavy atom. The Balaban J connectivity index is 1.93. The smallest absolute Gasteiger partial charge is 0.295 e. The number of ketones is 1. The summed E-state index contributed by atoms with van der Waals surface area (Å²) in [5.74, 6) is -0.622. The van der Waals surface area contributed by atoms with Crippen molar-refractivity contribution in [1.29, 1.82) is 0 Å². The molecule has 0 radical (unpaired) electrons. The van der Waals surface area contributed by atoms with E-state index in [1.165, 1.54) is 0 Å². The summed E-state index contributed by atoms with van der Waals surface area (Å²) in [5.41, 5.74) is 3.28. The maximum Gasteiger partial charge on any atom is 0.295 e. The van der Waals surface area contributed by atoms with E-state index in [1.54, 1.807) is 31.3 Å². The van der Waals surface area contributed by atoms with Gasteiger partial charge in [0.05, 0.1) is 18.7 Å². The number of benzene rings is 2. The topological polar surface area (TPSA) is 81.0 Å². The molecule has 0 bridgehead atoms. The summed E-state index contributed by atoms with van der Waals surface area (Å²) in [5, 5.41) is 12.4. The van der Waals surface area contributed by atoms with E-state index in [1.807, 2.05) is 62.0 Å². The molecule has 1 saturated heterocycles. The maximum atomic E-state index is 13.4. The lowest BCUT2D eigenvalue weighted by Gasteiger charge is -2.25. The van der Waals surface area contributed by atoms with E-state index in [2.05, 4.69) is 0 Å². The van der Waals surface area contributed by atoms with Crippen molar-refractivity contribution in [3.63, 3.8) is 0 Å². The highest BCUT2D eigenvalue weighted by Crippen LogP contribution is 2.43. The molecule has 0 spiro atoms. The zero-order chi connectivity index (χ0) is 25.3. The highest BCUT2D eigenvalue weighted by molar-refractivity contribution is 6.46. The Bertz CT molecular complexity index is 1300. The molecule has 7 heteroatoms. The predicted molar refractivity (Wildman–Crippen MR) is 136 cm³/mol. The lowest BCUT2D eigenvalue weighted by atomic mass is 9.93. The van der Waals surface area contributed by atoms with Crippen LogP contribution in [0.15, 0.2) is 54.2 Å². The van der Waals surface area contributed by atoms with Crippen LogP contribution in [0.4, 0.5) is 0 Å². The van der Waals surface area contributed by atoms with Crippen molar-refractivity contribution in [2.24, 2.45) is 7.05 Å². The summed E-state index contributed by atoms with van der Waals surface area (Å²) in [7, 11) is 5.14. The van der Waals surface area contributed by atoms with Crippen molar-refractivity contribution in [3.8, 4) is 5.75 Å². The Hall–Kier alpha value is -3.58. The molecule has 4 rings (SSSR count). The van der Waals surface area contributed by atoms with Crippen molar-refractivity contribution in [2.45, 2.75) is 32.2 Å². The maximum absolute atomic E-state index is 13.4. The third-order valence-corrected chi connectivity index (χ3v) is 6.63. The van der Waals surface area contributed by atoms with Gasteiger partial charge in [-0.05, 0) is 42.2 Å². The molecule has 2 heterocycles. The molecule has 7 nitrogen and oxygen atoms in total. The van der Waals surface area contributed by atoms with Crippen LogP contribution in [0, 0.1) is 0 Å². The number of hydrogen-bond acceptors (Lipinski definition) is 5. The number of aryl methyl sites for hydroxylation is 1. The van der Waals surface area contributed by atoms with Crippen LogP contribution in [0.25, 0.3) is 16.7 Å². The molecule has 1 aliphatic rings. The second-order valence-corrected chi connectivity index (χ2v) is 9.16. The zero-order valence-electron chi connectivity index (χ0n) is 20.9. The standard InChI is InChI=1S/C28H32N2O5/c1-17(2)20-15-18(11-12-23(20)35-5)26(31)24-25(30(13-8-14-34-4)28(33)27(24)32)21-16-29(3)22-10-7-6-9-19(21)22/h6-7,9-12,15-17,25,31H,8,13-14H2,1-5H3/b26-24+. The van der Waals surface area contributed by atoms with E-state index in [0.29, 0.717) is 30.9 Å². The number of amides is 1. The van der Waals surface area contributed by atoms with Gasteiger partial charge >= 0.3 is 0 Å². The molecule has 1 atom stereocenters. The molecule has 1 N–H and O–H groups in total. The van der Waals surface area contributed by atoms with E-state index in [4.69, 9.17) is 9.47 Å². The van der Waals surface area contributed by atoms with E-state index in [0.717, 1.165) is 22.0 Å². The minimum absolute atomic E-state index is 0.101. The highest BCUT2D eigenvalue weighted by atomic mass is 16.5. The fourth-order valence-corrected chi connectivity index (χ4v) is 4.89. The van der Waals surface area contributed by atoms with Gasteiger partial charge in [0.1, 0.15) is 11.5 Å². The van der Waals surface area contributed by atoms with Gasteiger partial charge in [-0.25, -0.2) is 0 Å². The second-order valence-electron chi connectivity index (χ2n) is 9.16. The zero-order valence-corrected chi connectivity index (χ0v) is 20.9. The second kappa shape index (κ2) is 9.96. The van der Waals surface area contributed by atoms with E-state index >= 15 is 0 Å². The molecule has 1 unspecified atom stereocenters. The van der Waals surface area contributed by atoms with Gasteiger partial charge in [0.2, 0.25) is 0 Å². The van der Waals surface area contributed by atoms with Crippen LogP contribution in [-0.4, -0.2) is 53.6 Å². The number of hydrogen-bond donors (Lipinski definition) is 1. The first-order chi connectivity index (χ1) is 16.8. The third-order valence-electron chi connectivity index (χ3n) is 6.63. The molecule has 1 amide bonds. The molecule has 0 aliphatic carbocycles. The van der Waals surface area contributed by atoms with Crippen molar-refractivity contribution < 1.29 is 24.2 Å². The summed E-state index contributed by atoms with van der Waals surface area (Å²) in [6.07, 6.45) is 2.51. The van der Waals surface area contributed by atoms with Crippen LogP contribution in [0.5, 0.6) is 5.75 Å². The third kappa shape index (κ3) is 4.32. The average Bonchev–Trinajstić information content (AvgIpc) is 3.32. The van der Waals surface area contributed by atoms with Gasteiger partial charge in [-0.15, -0.1) is 0 Å². The first-order valence-electron chi connectivity index (χ1n) is 11.8. The predicted octanol–water partition coefficient (Wildman–Crippen LogP) is 4.77. The van der Waals surface area contributed by atoms with Gasteiger partial charge in [-0.3, -0.25) is 9.59 Å². The first-order valence-corrected chi connectivity index (χ1v) is 11.8. The number of carbonyl (C=O) groups excluding carboxylic acids is 2. The number of aliphatic hydroxyl groups is 1. The summed E-state index contributed by atoms with van der Waals surface area (Å²) in [6, 6.07) is 12.5. The number of methoxy groups -OCH3 is 2. The fourth-order valence-electron chi connectivity index (χ4n) is 4.89. The van der Waals surface area contributed by atoms with Crippen molar-refractivity contribution in [2.75, 3.05) is 27.4 Å². The number of carbonyl (C=O) groups is 2. The van der Waals surface area contributed by atoms with Crippen LogP contribution < -0.4 is 4.74 Å². The number of Topliss-reactive ketones (excluding diaryl/α,β-unsaturated/α-hetero) is 1. The van der Waals surface area contributed by atoms with Gasteiger partial charge in [0.15, 0.2) is 0 Å². The Morgan fingerprint density at radius 2 is 1.86 bits per heavy atom. The van der Waals surface area contributed by atoms with E-state index < -0.39 is 17.7 Å². The van der Waals surface area contributed by atoms with Crippen LogP contribution in [0.1, 0.15) is 48.9 Å². The molecule has 0 saturated carbocycles. The van der Waals surface area contributed by atoms with E-state index in [9.17, 15) is 14.7 Å². The van der Waals surface area contributed by atoms with Gasteiger partial charge in [-0.2, -0.15) is 0 Å². The number of likely N-dealkylation sites (tertiary alicyclic amines) is 1. The quantitative estimate of drug-likeness (QED) is 0.219. The Morgan fingerprint density at radius 1 is 1.11 bits per heavy atom. The van der Waals surface area contributed by atoms with Crippen molar-refractivity contribution >= 4 is 28.4 Å². The number of aliphatic hydroxyl groups excluding tert-OH is 1. The summed E-state index contributed by atoms with van der Waals surface area (Å²) in [6.45, 7) is 4.86. The number of aromatic nitrogens is 1. The van der Waals surface area contributed by atoms with Crippen LogP contribution >= 0.6 is 0 Å². The molecule has 184 valence electrons. The van der Waals surface area contributed by atoms with Crippen LogP contribution in [-0.2, 0) is 21.4 Å². The first kappa shape index (κ1) is 24.5. The number of para-hydroxylation sites is 1. The number of nitrogens with zero attached hydrogens (tertiary/aromatic N) is 2. The van der Waals surface area contributed by atoms with Crippen molar-refractivity contribution in [3.05, 3.63) is 70.9 Å². The van der Waals surface area contributed by atoms with Gasteiger partial charge in [-0.1, -0.05) is 32.0 Å². The van der Waals surface area contributed by atoms with Crippen molar-refractivity contribution in [1.82, 2.24) is 9.47 Å². The van der Waals surface area contributed by atoms with Crippen LogP contribution in [0.2, 0.25) is 0 Å². The van der Waals surface area contributed by atoms with Gasteiger partial charge < -0.3 is 24.0 Å². The number of fused-ring (bicyclic) bond motifs is 1. The van der Waals surface area contributed by atoms with Gasteiger partial charge in [0, 0.05) is 55.5 Å². The molecule has 35 heavy (non-hydrogen) atoms. The summed E-state index contributed by atoms with van der Waals surface area (Å²) >= 11 is 0. The monoisotopic (exact) mass is 476 g/mol. The molecular formula is C28H32N2O5. The molecule has 2 aromatic carbocycles. The largest absolute Gasteiger partial charge is 0.507 e. The lowest BCUT2D eigenvalue weighted by molar-refractivity contribution is -0.140. The lowest BCUT2D eigenvalue weighted by Crippen LogP contribution is -2.31. The minimum atomic E-state index is -0.706. The normalized spacial score (nSPS) is 17.7. The molecular weight excluding hydrogens is 444 g/mol. The number of ether oxygens (including phenoxy) is 2. The Kier molecular flexibility index (Phi) is 6.98. The minimum Gasteiger partial charge on any atom is -0.507 e. The van der Waals surface area contributed by atoms with Crippen LogP contribution in [0.3, 0.4) is 0 Å². The SMILES string of the molecule is COCCCN1C(=O)C(=O)/C(=C(/O)c2ccc(OC)c(C(C)C)c2)C1c1cn(C)c2ccccc12. The number of rotatable bonds is 8. The van der Waals surface area contributed by atoms with Gasteiger partial charge in [0.25, 0.3) is 11.7 Å². The summed E-state index contributed by atoms with van der Waals surface area (Å²) < 4.78 is 12.6. The molecule has 1 aromatic heterocycles. The van der Waals surface area contributed by atoms with E-state index in [-0.39, 0.29) is 17.3 Å². The summed E-state index contributed by atoms with van der Waals surface area (Å²) in [4.78, 5) is 28.1. The fraction of sp³-hybridized carbons (Fsp3) is 0.357. The highest BCUT2D eigenvalue weighted by Gasteiger charge is 2.46. The molecule has 3 aromatic rings. The molecule has 1 aliphatic heterocycles.